The standard InChI is InChI=1S/C35H31FNO14PS/c36-21-11-6-19(7-12-21)25(38)17-53(48,49)32-27(37(33(32)42)22-4-2-1-3-5-22)24-15-10-20(18-8-13-23(14-9-18)52(45,46)47)16-26(24)50-35-30(41)28(39)29(40)31(51-35)34(43)44/h1-16,27-32,35,39-41H,17H2,(H,43,44)(H2,45,46,47)/t27-,28?,29?,30?,31?,32-,35-/m1/s1. The van der Waals surface area contributed by atoms with E-state index in [0.717, 1.165) is 29.2 Å². The molecule has 4 aromatic rings. The molecule has 2 saturated heterocycles. The van der Waals surface area contributed by atoms with E-state index >= 15 is 0 Å². The number of rotatable bonds is 11. The van der Waals surface area contributed by atoms with Crippen LogP contribution in [0.15, 0.2) is 97.1 Å². The van der Waals surface area contributed by atoms with E-state index in [1.807, 2.05) is 0 Å². The van der Waals surface area contributed by atoms with E-state index in [-0.39, 0.29) is 27.9 Å². The van der Waals surface area contributed by atoms with E-state index < -0.39 is 88.7 Å². The zero-order chi connectivity index (χ0) is 38.4. The first kappa shape index (κ1) is 37.9. The molecule has 0 spiro atoms. The second-order valence-corrected chi connectivity index (χ2v) is 16.1. The first-order valence-electron chi connectivity index (χ1n) is 15.8. The molecule has 4 aromatic carbocycles. The van der Waals surface area contributed by atoms with Crippen molar-refractivity contribution in [3.63, 3.8) is 0 Å². The van der Waals surface area contributed by atoms with Gasteiger partial charge in [0.25, 0.3) is 0 Å². The molecule has 0 aliphatic carbocycles. The summed E-state index contributed by atoms with van der Waals surface area (Å²) < 4.78 is 64.5. The molecule has 6 rings (SSSR count). The van der Waals surface area contributed by atoms with Crippen LogP contribution in [0.3, 0.4) is 0 Å². The number of ether oxygens (including phenoxy) is 2. The van der Waals surface area contributed by atoms with Crippen LogP contribution in [0.5, 0.6) is 5.75 Å². The number of anilines is 1. The van der Waals surface area contributed by atoms with Crippen molar-refractivity contribution in [1.29, 1.82) is 0 Å². The van der Waals surface area contributed by atoms with Gasteiger partial charge < -0.3 is 44.6 Å². The number of aliphatic carboxylic acids is 1. The number of sulfone groups is 1. The maximum Gasteiger partial charge on any atom is 0.356 e. The maximum absolute atomic E-state index is 13.9. The van der Waals surface area contributed by atoms with Gasteiger partial charge in [0.2, 0.25) is 12.2 Å². The fourth-order valence-electron chi connectivity index (χ4n) is 6.17. The molecular formula is C35H31FNO14PS. The van der Waals surface area contributed by atoms with Gasteiger partial charge in [-0.15, -0.1) is 0 Å². The predicted molar refractivity (Wildman–Crippen MR) is 183 cm³/mol. The first-order chi connectivity index (χ1) is 25.0. The molecule has 2 aliphatic rings. The zero-order valence-corrected chi connectivity index (χ0v) is 28.8. The highest BCUT2D eigenvalue weighted by atomic mass is 32.2. The minimum Gasteiger partial charge on any atom is -0.479 e. The van der Waals surface area contributed by atoms with Gasteiger partial charge in [-0.05, 0) is 65.7 Å². The molecule has 2 aliphatic heterocycles. The molecule has 0 bridgehead atoms. The summed E-state index contributed by atoms with van der Waals surface area (Å²) in [6, 6.07) is 19.9. The Kier molecular flexibility index (Phi) is 10.4. The number of carbonyl (C=O) groups excluding carboxylic acids is 2. The van der Waals surface area contributed by atoms with E-state index in [9.17, 15) is 62.0 Å². The molecular weight excluding hydrogens is 740 g/mol. The monoisotopic (exact) mass is 771 g/mol. The van der Waals surface area contributed by atoms with Gasteiger partial charge in [-0.2, -0.15) is 0 Å². The van der Waals surface area contributed by atoms with Crippen molar-refractivity contribution < 1.29 is 71.4 Å². The maximum atomic E-state index is 13.9. The summed E-state index contributed by atoms with van der Waals surface area (Å²) >= 11 is 0. The van der Waals surface area contributed by atoms with E-state index in [0.29, 0.717) is 11.1 Å². The summed E-state index contributed by atoms with van der Waals surface area (Å²) in [4.78, 5) is 58.9. The molecule has 2 heterocycles. The van der Waals surface area contributed by atoms with Crippen LogP contribution in [0.2, 0.25) is 0 Å². The van der Waals surface area contributed by atoms with E-state index in [2.05, 4.69) is 0 Å². The molecule has 15 nitrogen and oxygen atoms in total. The predicted octanol–water partition coefficient (Wildman–Crippen LogP) is 1.32. The summed E-state index contributed by atoms with van der Waals surface area (Å²) in [5.41, 5.74) is 0.759. The number of amides is 1. The van der Waals surface area contributed by atoms with Crippen molar-refractivity contribution >= 4 is 46.1 Å². The van der Waals surface area contributed by atoms with Gasteiger partial charge >= 0.3 is 13.6 Å². The fourth-order valence-corrected chi connectivity index (χ4v) is 8.50. The van der Waals surface area contributed by atoms with Crippen LogP contribution in [-0.2, 0) is 28.7 Å². The van der Waals surface area contributed by atoms with Gasteiger partial charge in [0.1, 0.15) is 35.6 Å². The highest BCUT2D eigenvalue weighted by Crippen LogP contribution is 2.47. The molecule has 18 heteroatoms. The number of aliphatic hydroxyl groups is 3. The van der Waals surface area contributed by atoms with Gasteiger partial charge in [0, 0.05) is 16.8 Å². The number of carboxylic acids is 1. The van der Waals surface area contributed by atoms with Gasteiger partial charge in [-0.25, -0.2) is 17.6 Å². The van der Waals surface area contributed by atoms with Gasteiger partial charge in [-0.1, -0.05) is 42.5 Å². The number of benzene rings is 4. The van der Waals surface area contributed by atoms with Gasteiger partial charge in [0.15, 0.2) is 27.0 Å². The lowest BCUT2D eigenvalue weighted by molar-refractivity contribution is -0.271. The second kappa shape index (κ2) is 14.5. The Labute approximate surface area is 300 Å². The lowest BCUT2D eigenvalue weighted by atomic mass is 9.90. The number of ketones is 1. The Balaban J connectivity index is 1.46. The van der Waals surface area contributed by atoms with Crippen molar-refractivity contribution in [1.82, 2.24) is 0 Å². The average molecular weight is 772 g/mol. The van der Waals surface area contributed by atoms with Crippen LogP contribution in [0.1, 0.15) is 22.0 Å². The smallest absolute Gasteiger partial charge is 0.356 e. The van der Waals surface area contributed by atoms with Crippen molar-refractivity contribution in [2.45, 2.75) is 42.0 Å². The molecule has 0 aromatic heterocycles. The molecule has 278 valence electrons. The summed E-state index contributed by atoms with van der Waals surface area (Å²) in [7, 11) is -9.25. The van der Waals surface area contributed by atoms with Crippen LogP contribution >= 0.6 is 7.60 Å². The van der Waals surface area contributed by atoms with Crippen LogP contribution in [0.4, 0.5) is 10.1 Å². The zero-order valence-electron chi connectivity index (χ0n) is 27.1. The quantitative estimate of drug-likeness (QED) is 0.0716. The normalized spacial score (nSPS) is 24.7. The third kappa shape index (κ3) is 7.51. The Morgan fingerprint density at radius 2 is 1.47 bits per heavy atom. The molecule has 6 N–H and O–H groups in total. The highest BCUT2D eigenvalue weighted by molar-refractivity contribution is 7.93. The third-order valence-corrected chi connectivity index (χ3v) is 11.8. The molecule has 0 saturated carbocycles. The number of hydrogen-bond acceptors (Lipinski definition) is 11. The fraction of sp³-hybridized carbons (Fsp3) is 0.229. The Morgan fingerprint density at radius 1 is 0.849 bits per heavy atom. The Hall–Kier alpha value is -4.84. The summed E-state index contributed by atoms with van der Waals surface area (Å²) in [6.45, 7) is 0. The molecule has 1 amide bonds. The molecule has 7 atom stereocenters. The lowest BCUT2D eigenvalue weighted by Crippen LogP contribution is -2.63. The minimum absolute atomic E-state index is 0.0323. The van der Waals surface area contributed by atoms with E-state index in [1.54, 1.807) is 18.2 Å². The van der Waals surface area contributed by atoms with Gasteiger partial charge in [-0.3, -0.25) is 14.2 Å². The number of halogens is 1. The number of hydrogen-bond donors (Lipinski definition) is 6. The van der Waals surface area contributed by atoms with Crippen LogP contribution < -0.4 is 14.9 Å². The van der Waals surface area contributed by atoms with Crippen LogP contribution in [0, 0.1) is 5.82 Å². The SMILES string of the molecule is O=C(CS(=O)(=O)[C@H]1C(=O)N(c2ccccc2)[C@@H]1c1ccc(-c2ccc(P(=O)(O)O)cc2)cc1O[C@@H]1OC(C(=O)O)C(O)C(O)C1O)c1ccc(F)cc1. The number of β-lactam (4-membered cyclic amide) rings is 1. The molecule has 0 radical (unpaired) electrons. The average Bonchev–Trinajstić information content (AvgIpc) is 3.10. The molecule has 53 heavy (non-hydrogen) atoms. The van der Waals surface area contributed by atoms with Crippen LogP contribution in [0.25, 0.3) is 11.1 Å². The van der Waals surface area contributed by atoms with Crippen molar-refractivity contribution in [3.8, 4) is 16.9 Å². The van der Waals surface area contributed by atoms with Gasteiger partial charge in [0.05, 0.1) is 11.3 Å². The lowest BCUT2D eigenvalue weighted by Gasteiger charge is -2.47. The Morgan fingerprint density at radius 3 is 2.08 bits per heavy atom. The largest absolute Gasteiger partial charge is 0.479 e. The number of carboxylic acid groups (broad SMARTS) is 1. The minimum atomic E-state index is -4.64. The number of Topliss-reactive ketones (excluding diaryl/α,β-unsaturated/α-hetero) is 1. The molecule has 4 unspecified atom stereocenters. The third-order valence-electron chi connectivity index (χ3n) is 8.89. The number of aliphatic hydroxyl groups excluding tert-OH is 3. The number of nitrogens with zero attached hydrogens (tertiary/aromatic N) is 1. The summed E-state index contributed by atoms with van der Waals surface area (Å²) in [6.07, 6.45) is -10.2. The number of para-hydroxylation sites is 1. The highest BCUT2D eigenvalue weighted by Gasteiger charge is 2.57. The summed E-state index contributed by atoms with van der Waals surface area (Å²) in [5, 5.41) is 38.9. The summed E-state index contributed by atoms with van der Waals surface area (Å²) in [5.74, 6) is -5.60. The number of carbonyl (C=O) groups is 3. The van der Waals surface area contributed by atoms with Crippen LogP contribution in [-0.4, -0.2) is 98.0 Å². The Bertz CT molecular complexity index is 2200. The van der Waals surface area contributed by atoms with Crippen molar-refractivity contribution in [2.75, 3.05) is 10.7 Å². The van der Waals surface area contributed by atoms with Crippen molar-refractivity contribution in [3.05, 3.63) is 114 Å². The van der Waals surface area contributed by atoms with E-state index in [4.69, 9.17) is 9.47 Å². The van der Waals surface area contributed by atoms with E-state index in [1.165, 1.54) is 54.6 Å². The van der Waals surface area contributed by atoms with Crippen molar-refractivity contribution in [2.24, 2.45) is 0 Å². The second-order valence-electron chi connectivity index (χ2n) is 12.3. The first-order valence-corrected chi connectivity index (χ1v) is 19.1. The molecule has 2 fully saturated rings. The topological polar surface area (TPSA) is 245 Å².